The molecule has 3 heterocycles. The quantitative estimate of drug-likeness (QED) is 0.310. The fourth-order valence-corrected chi connectivity index (χ4v) is 4.42. The molecule has 1 N–H and O–H groups in total. The number of benzene rings is 2. The van der Waals surface area contributed by atoms with E-state index in [-0.39, 0.29) is 24.2 Å². The summed E-state index contributed by atoms with van der Waals surface area (Å²) in [5.41, 5.74) is 0.489. The summed E-state index contributed by atoms with van der Waals surface area (Å²) in [5.74, 6) is -8.41. The van der Waals surface area contributed by atoms with Crippen LogP contribution in [0.25, 0.3) is 10.9 Å². The third-order valence-corrected chi connectivity index (χ3v) is 6.08. The third kappa shape index (κ3) is 4.23. The smallest absolute Gasteiger partial charge is 0.356 e. The van der Waals surface area contributed by atoms with Crippen LogP contribution in [0.1, 0.15) is 40.1 Å². The lowest BCUT2D eigenvalue weighted by Crippen LogP contribution is -2.39. The molecule has 0 saturated heterocycles. The summed E-state index contributed by atoms with van der Waals surface area (Å²) < 4.78 is 124. The number of rotatable bonds is 2. The second-order valence-corrected chi connectivity index (χ2v) is 8.43. The van der Waals surface area contributed by atoms with E-state index < -0.39 is 59.0 Å². The second kappa shape index (κ2) is 8.35. The van der Waals surface area contributed by atoms with Crippen LogP contribution in [0.2, 0.25) is 0 Å². The van der Waals surface area contributed by atoms with Gasteiger partial charge in [-0.15, -0.1) is 0 Å². The minimum absolute atomic E-state index is 0.000363. The van der Waals surface area contributed by atoms with E-state index >= 15 is 4.39 Å². The number of nitrogens with zero attached hydrogens (tertiary/aromatic N) is 4. The maximum atomic E-state index is 15.2. The predicted octanol–water partition coefficient (Wildman–Crippen LogP) is 6.27. The third-order valence-electron chi connectivity index (χ3n) is 6.08. The molecule has 2 aromatic heterocycles. The molecule has 1 atom stereocenters. The Labute approximate surface area is 202 Å². The van der Waals surface area contributed by atoms with E-state index in [1.54, 1.807) is 0 Å². The molecule has 5 rings (SSSR count). The molecule has 0 amide bonds. The Bertz CT molecular complexity index is 1490. The monoisotopic (exact) mass is 531 g/mol. The van der Waals surface area contributed by atoms with Crippen LogP contribution in [0.15, 0.2) is 30.3 Å². The number of anilines is 1. The zero-order chi connectivity index (χ0) is 26.9. The number of hydrogen-bond acceptors (Lipinski definition) is 4. The van der Waals surface area contributed by atoms with Crippen LogP contribution in [0.3, 0.4) is 0 Å². The van der Waals surface area contributed by atoms with E-state index in [9.17, 15) is 35.1 Å². The van der Waals surface area contributed by atoms with Crippen molar-refractivity contribution >= 4 is 16.9 Å². The van der Waals surface area contributed by atoms with Crippen LogP contribution >= 0.6 is 0 Å². The molecule has 0 saturated carbocycles. The first-order chi connectivity index (χ1) is 17.3. The van der Waals surface area contributed by atoms with Crippen LogP contribution in [-0.4, -0.2) is 26.5 Å². The molecule has 0 aliphatic carbocycles. The van der Waals surface area contributed by atoms with Crippen molar-refractivity contribution in [2.24, 2.45) is 0 Å². The van der Waals surface area contributed by atoms with Crippen molar-refractivity contribution in [3.63, 3.8) is 0 Å². The molecule has 0 spiro atoms. The standard InChI is InChI=1S/C23H14F9N5/c1-9-2-4-12(16(26)15(9)25)18-17-11(13-8-10(24)3-5-14(13)33-17)6-7-37(18)21-35-19(22(27,28)29)34-20(36-21)23(30,31)32/h2-5,8,18,33H,6-7H2,1H3. The molecule has 37 heavy (non-hydrogen) atoms. The summed E-state index contributed by atoms with van der Waals surface area (Å²) in [7, 11) is 0. The van der Waals surface area contributed by atoms with Gasteiger partial charge in [0.25, 0.3) is 0 Å². The normalized spacial score (nSPS) is 16.4. The number of aromatic amines is 1. The van der Waals surface area contributed by atoms with Crippen LogP contribution in [0.4, 0.5) is 45.5 Å². The van der Waals surface area contributed by atoms with E-state index in [0.29, 0.717) is 16.5 Å². The van der Waals surface area contributed by atoms with Crippen LogP contribution < -0.4 is 4.90 Å². The van der Waals surface area contributed by atoms with Crippen molar-refractivity contribution in [1.29, 1.82) is 0 Å². The lowest BCUT2D eigenvalue weighted by Gasteiger charge is -2.36. The fraction of sp³-hybridized carbons (Fsp3) is 0.261. The molecule has 14 heteroatoms. The average Bonchev–Trinajstić information content (AvgIpc) is 3.19. The molecule has 2 aromatic carbocycles. The largest absolute Gasteiger partial charge is 0.451 e. The van der Waals surface area contributed by atoms with E-state index in [1.165, 1.54) is 31.2 Å². The molecular weight excluding hydrogens is 517 g/mol. The first-order valence-electron chi connectivity index (χ1n) is 10.7. The average molecular weight is 531 g/mol. The van der Waals surface area contributed by atoms with Gasteiger partial charge < -0.3 is 9.88 Å². The maximum absolute atomic E-state index is 15.2. The summed E-state index contributed by atoms with van der Waals surface area (Å²) in [6, 6.07) is 4.62. The van der Waals surface area contributed by atoms with E-state index in [2.05, 4.69) is 19.9 Å². The van der Waals surface area contributed by atoms with Crippen molar-refractivity contribution in [3.8, 4) is 0 Å². The van der Waals surface area contributed by atoms with Crippen molar-refractivity contribution in [3.05, 3.63) is 81.8 Å². The van der Waals surface area contributed by atoms with E-state index in [0.717, 1.165) is 11.0 Å². The Balaban J connectivity index is 1.78. The summed E-state index contributed by atoms with van der Waals surface area (Å²) in [5, 5.41) is 0.384. The summed E-state index contributed by atoms with van der Waals surface area (Å²) in [4.78, 5) is 12.8. The Morgan fingerprint density at radius 2 is 1.51 bits per heavy atom. The molecule has 194 valence electrons. The minimum atomic E-state index is -5.35. The maximum Gasteiger partial charge on any atom is 0.451 e. The molecule has 1 aliphatic rings. The number of aromatic nitrogens is 4. The molecule has 0 bridgehead atoms. The highest BCUT2D eigenvalue weighted by Gasteiger charge is 2.44. The highest BCUT2D eigenvalue weighted by Crippen LogP contribution is 2.42. The SMILES string of the molecule is Cc1ccc(C2c3[nH]c4ccc(F)cc4c3CCN2c2nc(C(F)(F)F)nc(C(F)(F)F)n2)c(F)c1F. The first-order valence-corrected chi connectivity index (χ1v) is 10.7. The lowest BCUT2D eigenvalue weighted by molar-refractivity contribution is -0.155. The number of nitrogens with one attached hydrogen (secondary N) is 1. The van der Waals surface area contributed by atoms with Crippen molar-refractivity contribution in [2.75, 3.05) is 11.4 Å². The Morgan fingerprint density at radius 1 is 0.865 bits per heavy atom. The Morgan fingerprint density at radius 3 is 2.14 bits per heavy atom. The number of H-pyrrole nitrogens is 1. The van der Waals surface area contributed by atoms with Crippen LogP contribution in [0.5, 0.6) is 0 Å². The topological polar surface area (TPSA) is 57.7 Å². The van der Waals surface area contributed by atoms with Gasteiger partial charge >= 0.3 is 12.4 Å². The van der Waals surface area contributed by atoms with Crippen molar-refractivity contribution in [1.82, 2.24) is 19.9 Å². The number of aryl methyl sites for hydroxylation is 1. The summed E-state index contributed by atoms with van der Waals surface area (Å²) in [6.45, 7) is 0.990. The Kier molecular flexibility index (Phi) is 5.60. The molecule has 0 radical (unpaired) electrons. The van der Waals surface area contributed by atoms with Gasteiger partial charge in [0, 0.05) is 28.7 Å². The van der Waals surface area contributed by atoms with Crippen LogP contribution in [0, 0.1) is 24.4 Å². The molecule has 1 aliphatic heterocycles. The summed E-state index contributed by atoms with van der Waals surface area (Å²) in [6.07, 6.45) is -10.7. The Hall–Kier alpha value is -3.84. The van der Waals surface area contributed by atoms with Gasteiger partial charge in [-0.25, -0.2) is 18.2 Å². The zero-order valence-electron chi connectivity index (χ0n) is 18.6. The lowest BCUT2D eigenvalue weighted by atomic mass is 9.91. The van der Waals surface area contributed by atoms with Gasteiger partial charge in [0.1, 0.15) is 11.9 Å². The van der Waals surface area contributed by atoms with Gasteiger partial charge in [0.2, 0.25) is 17.6 Å². The van der Waals surface area contributed by atoms with Crippen molar-refractivity contribution < 1.29 is 39.5 Å². The van der Waals surface area contributed by atoms with E-state index in [1.807, 2.05) is 0 Å². The predicted molar refractivity (Wildman–Crippen MR) is 112 cm³/mol. The number of alkyl halides is 6. The van der Waals surface area contributed by atoms with E-state index in [4.69, 9.17) is 0 Å². The van der Waals surface area contributed by atoms with Crippen molar-refractivity contribution in [2.45, 2.75) is 31.7 Å². The van der Waals surface area contributed by atoms with Gasteiger partial charge in [0.15, 0.2) is 11.6 Å². The highest BCUT2D eigenvalue weighted by atomic mass is 19.4. The van der Waals surface area contributed by atoms with Gasteiger partial charge in [-0.2, -0.15) is 36.3 Å². The van der Waals surface area contributed by atoms with Gasteiger partial charge in [-0.05, 0) is 42.7 Å². The fourth-order valence-electron chi connectivity index (χ4n) is 4.42. The molecule has 5 nitrogen and oxygen atoms in total. The zero-order valence-corrected chi connectivity index (χ0v) is 18.6. The number of fused-ring (bicyclic) bond motifs is 3. The second-order valence-electron chi connectivity index (χ2n) is 8.43. The molecule has 0 fully saturated rings. The van der Waals surface area contributed by atoms with Gasteiger partial charge in [0.05, 0.1) is 0 Å². The van der Waals surface area contributed by atoms with Gasteiger partial charge in [-0.3, -0.25) is 0 Å². The molecular formula is C23H14F9N5. The minimum Gasteiger partial charge on any atom is -0.356 e. The number of halogens is 9. The first kappa shape index (κ1) is 24.8. The van der Waals surface area contributed by atoms with Gasteiger partial charge in [-0.1, -0.05) is 12.1 Å². The molecule has 4 aromatic rings. The summed E-state index contributed by atoms with van der Waals surface area (Å²) >= 11 is 0. The molecule has 1 unspecified atom stereocenters. The number of hydrogen-bond donors (Lipinski definition) is 1. The highest BCUT2D eigenvalue weighted by molar-refractivity contribution is 5.86. The van der Waals surface area contributed by atoms with Crippen LogP contribution in [-0.2, 0) is 18.8 Å².